The first kappa shape index (κ1) is 12.2. The fourth-order valence-electron chi connectivity index (χ4n) is 2.11. The minimum Gasteiger partial charge on any atom is -0.465 e. The fourth-order valence-corrected chi connectivity index (χ4v) is 2.11. The van der Waals surface area contributed by atoms with Crippen LogP contribution in [0.4, 0.5) is 4.79 Å². The summed E-state index contributed by atoms with van der Waals surface area (Å²) in [5, 5.41) is 16.3. The van der Waals surface area contributed by atoms with Crippen molar-refractivity contribution in [1.29, 1.82) is 0 Å². The molecule has 2 aliphatic rings. The summed E-state index contributed by atoms with van der Waals surface area (Å²) in [4.78, 5) is 17.6. The number of rotatable bonds is 2. The molecule has 0 aliphatic carbocycles. The molecule has 2 fully saturated rings. The Morgan fingerprint density at radius 3 is 2.59 bits per heavy atom. The average molecular weight is 241 g/mol. The number of likely N-dealkylation sites (tertiary alicyclic amines) is 1. The zero-order chi connectivity index (χ0) is 12.1. The zero-order valence-electron chi connectivity index (χ0n) is 9.89. The van der Waals surface area contributed by atoms with Gasteiger partial charge in [-0.05, 0) is 0 Å². The van der Waals surface area contributed by atoms with E-state index in [0.29, 0.717) is 13.1 Å². The monoisotopic (exact) mass is 241 g/mol. The molecule has 2 aliphatic heterocycles. The van der Waals surface area contributed by atoms with Crippen molar-refractivity contribution in [3.8, 4) is 0 Å². The van der Waals surface area contributed by atoms with E-state index in [4.69, 9.17) is 9.94 Å². The highest BCUT2D eigenvalue weighted by molar-refractivity contribution is 5.84. The molecule has 0 aromatic rings. The third-order valence-corrected chi connectivity index (χ3v) is 3.22. The predicted molar refractivity (Wildman–Crippen MR) is 63.2 cm³/mol. The van der Waals surface area contributed by atoms with Crippen molar-refractivity contribution in [2.75, 3.05) is 26.2 Å². The molecule has 1 amide bonds. The molecule has 2 N–H and O–H groups in total. The number of hydrogen-bond donors (Lipinski definition) is 2. The number of amides is 1. The molecule has 0 unspecified atom stereocenters. The number of oxime groups is 1. The third kappa shape index (κ3) is 3.59. The van der Waals surface area contributed by atoms with Crippen molar-refractivity contribution >= 4 is 11.8 Å². The van der Waals surface area contributed by atoms with Gasteiger partial charge in [-0.2, -0.15) is 0 Å². The van der Waals surface area contributed by atoms with E-state index in [2.05, 4.69) is 10.5 Å². The van der Waals surface area contributed by atoms with Crippen molar-refractivity contribution < 1.29 is 14.7 Å². The number of piperidine rings is 2. The normalized spacial score (nSPS) is 22.4. The molecule has 2 heterocycles. The van der Waals surface area contributed by atoms with E-state index < -0.39 is 6.09 Å². The summed E-state index contributed by atoms with van der Waals surface area (Å²) in [5.74, 6) is 0. The molecule has 0 aromatic heterocycles. The van der Waals surface area contributed by atoms with Crippen LogP contribution in [-0.2, 0) is 4.84 Å². The van der Waals surface area contributed by atoms with Crippen LogP contribution in [0.1, 0.15) is 25.7 Å². The minimum absolute atomic E-state index is 0.0768. The van der Waals surface area contributed by atoms with Crippen LogP contribution in [0.5, 0.6) is 0 Å². The van der Waals surface area contributed by atoms with Crippen LogP contribution < -0.4 is 5.32 Å². The maximum atomic E-state index is 10.7. The second-order valence-corrected chi connectivity index (χ2v) is 4.48. The number of carboxylic acid groups (broad SMARTS) is 1. The Morgan fingerprint density at radius 2 is 2.00 bits per heavy atom. The Kier molecular flexibility index (Phi) is 4.19. The maximum absolute atomic E-state index is 10.7. The van der Waals surface area contributed by atoms with Crippen molar-refractivity contribution in [2.45, 2.75) is 31.8 Å². The Labute approximate surface area is 101 Å². The van der Waals surface area contributed by atoms with Gasteiger partial charge in [-0.3, -0.25) is 0 Å². The summed E-state index contributed by atoms with van der Waals surface area (Å²) < 4.78 is 0. The van der Waals surface area contributed by atoms with Gasteiger partial charge in [0, 0.05) is 51.9 Å². The van der Waals surface area contributed by atoms with E-state index in [9.17, 15) is 4.79 Å². The first-order chi connectivity index (χ1) is 8.25. The first-order valence-corrected chi connectivity index (χ1v) is 6.16. The fraction of sp³-hybridized carbons (Fsp3) is 0.818. The van der Waals surface area contributed by atoms with Gasteiger partial charge in [-0.1, -0.05) is 5.16 Å². The Morgan fingerprint density at radius 1 is 1.35 bits per heavy atom. The van der Waals surface area contributed by atoms with Crippen LogP contribution in [0.25, 0.3) is 0 Å². The van der Waals surface area contributed by atoms with E-state index in [0.717, 1.165) is 44.5 Å². The van der Waals surface area contributed by atoms with E-state index in [-0.39, 0.29) is 6.10 Å². The van der Waals surface area contributed by atoms with E-state index in [1.165, 1.54) is 4.90 Å². The standard InChI is InChI=1S/C11H19N3O3/c15-11(16)14-7-3-10(4-8-14)17-13-9-1-5-12-6-2-9/h10,12H,1-8H2,(H,15,16). The number of hydrogen-bond acceptors (Lipinski definition) is 4. The third-order valence-electron chi connectivity index (χ3n) is 3.22. The van der Waals surface area contributed by atoms with E-state index >= 15 is 0 Å². The molecular formula is C11H19N3O3. The highest BCUT2D eigenvalue weighted by Gasteiger charge is 2.23. The minimum atomic E-state index is -0.840. The molecule has 6 nitrogen and oxygen atoms in total. The van der Waals surface area contributed by atoms with Crippen molar-refractivity contribution in [2.24, 2.45) is 5.16 Å². The molecule has 0 aromatic carbocycles. The molecule has 96 valence electrons. The lowest BCUT2D eigenvalue weighted by Gasteiger charge is -2.28. The highest BCUT2D eigenvalue weighted by atomic mass is 16.6. The van der Waals surface area contributed by atoms with Crippen LogP contribution in [0.2, 0.25) is 0 Å². The van der Waals surface area contributed by atoms with Crippen molar-refractivity contribution in [3.05, 3.63) is 0 Å². The molecular weight excluding hydrogens is 222 g/mol. The SMILES string of the molecule is O=C(O)N1CCC(ON=C2CCNCC2)CC1. The van der Waals surface area contributed by atoms with Crippen LogP contribution in [0.3, 0.4) is 0 Å². The zero-order valence-corrected chi connectivity index (χ0v) is 9.89. The lowest BCUT2D eigenvalue weighted by atomic mass is 10.1. The number of carbonyl (C=O) groups is 1. The van der Waals surface area contributed by atoms with E-state index in [1.54, 1.807) is 0 Å². The van der Waals surface area contributed by atoms with Crippen LogP contribution >= 0.6 is 0 Å². The average Bonchev–Trinajstić information content (AvgIpc) is 2.38. The van der Waals surface area contributed by atoms with Gasteiger partial charge >= 0.3 is 6.09 Å². The second kappa shape index (κ2) is 5.86. The van der Waals surface area contributed by atoms with Gasteiger partial charge in [0.2, 0.25) is 0 Å². The van der Waals surface area contributed by atoms with Crippen LogP contribution in [-0.4, -0.2) is 54.1 Å². The summed E-state index contributed by atoms with van der Waals surface area (Å²) in [6.07, 6.45) is 2.62. The molecule has 0 saturated carbocycles. The van der Waals surface area contributed by atoms with Crippen LogP contribution in [0, 0.1) is 0 Å². The Hall–Kier alpha value is -1.30. The van der Waals surface area contributed by atoms with Crippen molar-refractivity contribution in [1.82, 2.24) is 10.2 Å². The number of nitrogens with one attached hydrogen (secondary N) is 1. The Balaban J connectivity index is 1.72. The maximum Gasteiger partial charge on any atom is 0.407 e. The lowest BCUT2D eigenvalue weighted by Crippen LogP contribution is -2.39. The molecule has 0 spiro atoms. The smallest absolute Gasteiger partial charge is 0.407 e. The summed E-state index contributed by atoms with van der Waals surface area (Å²) >= 11 is 0. The van der Waals surface area contributed by atoms with Gasteiger partial charge < -0.3 is 20.2 Å². The van der Waals surface area contributed by atoms with Crippen LogP contribution in [0.15, 0.2) is 5.16 Å². The quantitative estimate of drug-likeness (QED) is 0.704. The summed E-state index contributed by atoms with van der Waals surface area (Å²) in [6, 6.07) is 0. The van der Waals surface area contributed by atoms with Gasteiger partial charge in [0.15, 0.2) is 0 Å². The van der Waals surface area contributed by atoms with Crippen molar-refractivity contribution in [3.63, 3.8) is 0 Å². The lowest BCUT2D eigenvalue weighted by molar-refractivity contribution is 0.0126. The molecule has 0 radical (unpaired) electrons. The largest absolute Gasteiger partial charge is 0.465 e. The molecule has 17 heavy (non-hydrogen) atoms. The molecule has 0 atom stereocenters. The molecule has 2 saturated heterocycles. The second-order valence-electron chi connectivity index (χ2n) is 4.48. The number of nitrogens with zero attached hydrogens (tertiary/aromatic N) is 2. The van der Waals surface area contributed by atoms with E-state index in [1.807, 2.05) is 0 Å². The summed E-state index contributed by atoms with van der Waals surface area (Å²) in [5.41, 5.74) is 1.12. The first-order valence-electron chi connectivity index (χ1n) is 6.16. The predicted octanol–water partition coefficient (Wildman–Crippen LogP) is 0.885. The topological polar surface area (TPSA) is 74.2 Å². The Bertz CT molecular complexity index is 290. The molecule has 6 heteroatoms. The van der Waals surface area contributed by atoms with Gasteiger partial charge in [0.05, 0.1) is 5.71 Å². The van der Waals surface area contributed by atoms with Gasteiger partial charge in [0.25, 0.3) is 0 Å². The summed E-state index contributed by atoms with van der Waals surface area (Å²) in [7, 11) is 0. The van der Waals surface area contributed by atoms with Gasteiger partial charge in [-0.25, -0.2) is 4.79 Å². The highest BCUT2D eigenvalue weighted by Crippen LogP contribution is 2.14. The van der Waals surface area contributed by atoms with Gasteiger partial charge in [0.1, 0.15) is 6.10 Å². The molecule has 0 bridgehead atoms. The summed E-state index contributed by atoms with van der Waals surface area (Å²) in [6.45, 7) is 3.04. The van der Waals surface area contributed by atoms with Gasteiger partial charge in [-0.15, -0.1) is 0 Å². The molecule has 2 rings (SSSR count).